The number of nitrogens with zero attached hydrogens (tertiary/aromatic N) is 3. The van der Waals surface area contributed by atoms with Gasteiger partial charge in [0.2, 0.25) is 5.91 Å². The number of imidazole rings is 1. The minimum Gasteiger partial charge on any atom is -0.383 e. The minimum absolute atomic E-state index is 0.00776. The second-order valence-electron chi connectivity index (χ2n) is 8.08. The van der Waals surface area contributed by atoms with E-state index in [0.29, 0.717) is 13.2 Å². The lowest BCUT2D eigenvalue weighted by atomic mass is 9.94. The number of carbonyl (C=O) groups is 3. The molecule has 0 radical (unpaired) electrons. The van der Waals surface area contributed by atoms with Crippen LogP contribution in [0.3, 0.4) is 0 Å². The topological polar surface area (TPSA) is 106 Å². The molecular weight excluding hydrogens is 424 g/mol. The van der Waals surface area contributed by atoms with E-state index in [4.69, 9.17) is 4.74 Å². The van der Waals surface area contributed by atoms with E-state index in [-0.39, 0.29) is 35.6 Å². The number of carbonyl (C=O) groups excluding carboxylic acids is 3. The van der Waals surface area contributed by atoms with Crippen LogP contribution >= 0.6 is 0 Å². The lowest BCUT2D eigenvalue weighted by molar-refractivity contribution is -0.133. The number of aromatic nitrogens is 2. The van der Waals surface area contributed by atoms with Crippen LogP contribution in [0.2, 0.25) is 0 Å². The maximum Gasteiger partial charge on any atom is 0.276 e. The zero-order chi connectivity index (χ0) is 23.0. The number of rotatable bonds is 7. The summed E-state index contributed by atoms with van der Waals surface area (Å²) in [6.07, 6.45) is 2.79. The summed E-state index contributed by atoms with van der Waals surface area (Å²) in [4.78, 5) is 44.8. The summed E-state index contributed by atoms with van der Waals surface area (Å²) in [7, 11) is 1.52. The number of anilines is 1. The number of hydrogen-bond acceptors (Lipinski definition) is 5. The average Bonchev–Trinajstić information content (AvgIpc) is 3.48. The number of methoxy groups -OCH3 is 1. The Morgan fingerprint density at radius 2 is 2.06 bits per heavy atom. The van der Waals surface area contributed by atoms with Crippen LogP contribution in [-0.4, -0.2) is 64.0 Å². The molecule has 0 bridgehead atoms. The van der Waals surface area contributed by atoms with Crippen molar-refractivity contribution in [1.29, 1.82) is 0 Å². The van der Waals surface area contributed by atoms with Crippen molar-refractivity contribution in [2.45, 2.75) is 37.9 Å². The first kappa shape index (κ1) is 21.9. The van der Waals surface area contributed by atoms with Gasteiger partial charge in [-0.3, -0.25) is 14.4 Å². The van der Waals surface area contributed by atoms with Crippen molar-refractivity contribution in [2.75, 3.05) is 25.6 Å². The lowest BCUT2D eigenvalue weighted by Crippen LogP contribution is -2.65. The van der Waals surface area contributed by atoms with E-state index in [9.17, 15) is 23.2 Å². The van der Waals surface area contributed by atoms with Gasteiger partial charge in [-0.25, -0.2) is 13.8 Å². The van der Waals surface area contributed by atoms with Crippen LogP contribution in [0.25, 0.3) is 0 Å². The van der Waals surface area contributed by atoms with Crippen molar-refractivity contribution >= 4 is 23.4 Å². The van der Waals surface area contributed by atoms with Gasteiger partial charge in [0.15, 0.2) is 5.69 Å². The highest BCUT2D eigenvalue weighted by Gasteiger charge is 2.53. The van der Waals surface area contributed by atoms with Gasteiger partial charge in [-0.05, 0) is 31.9 Å². The predicted molar refractivity (Wildman–Crippen MR) is 109 cm³/mol. The highest BCUT2D eigenvalue weighted by molar-refractivity contribution is 6.11. The molecule has 170 valence electrons. The van der Waals surface area contributed by atoms with E-state index >= 15 is 0 Å². The molecule has 1 fully saturated rings. The second kappa shape index (κ2) is 8.30. The van der Waals surface area contributed by atoms with Crippen molar-refractivity contribution in [1.82, 2.24) is 19.8 Å². The van der Waals surface area contributed by atoms with Crippen molar-refractivity contribution in [3.63, 3.8) is 0 Å². The molecule has 1 aromatic carbocycles. The van der Waals surface area contributed by atoms with E-state index < -0.39 is 29.0 Å². The summed E-state index contributed by atoms with van der Waals surface area (Å²) in [5.74, 6) is -3.23. The Morgan fingerprint density at radius 3 is 2.75 bits per heavy atom. The Morgan fingerprint density at radius 1 is 1.31 bits per heavy atom. The Bertz CT molecular complexity index is 1080. The fraction of sp³-hybridized carbons (Fsp3) is 0.429. The zero-order valence-corrected chi connectivity index (χ0v) is 17.7. The third kappa shape index (κ3) is 3.83. The summed E-state index contributed by atoms with van der Waals surface area (Å²) >= 11 is 0. The fourth-order valence-corrected chi connectivity index (χ4v) is 3.95. The molecule has 0 saturated heterocycles. The van der Waals surface area contributed by atoms with Gasteiger partial charge in [0.05, 0.1) is 25.2 Å². The molecule has 3 amide bonds. The van der Waals surface area contributed by atoms with Crippen LogP contribution in [0.1, 0.15) is 40.7 Å². The van der Waals surface area contributed by atoms with Crippen LogP contribution in [0.15, 0.2) is 24.5 Å². The largest absolute Gasteiger partial charge is 0.383 e. The van der Waals surface area contributed by atoms with Gasteiger partial charge in [-0.2, -0.15) is 0 Å². The summed E-state index contributed by atoms with van der Waals surface area (Å²) < 4.78 is 33.8. The Hall–Kier alpha value is -3.34. The molecule has 1 saturated carbocycles. The highest BCUT2D eigenvalue weighted by atomic mass is 19.1. The zero-order valence-electron chi connectivity index (χ0n) is 17.7. The number of nitrogens with one attached hydrogen (secondary N) is 2. The average molecular weight is 447 g/mol. The molecule has 2 aromatic rings. The first-order valence-corrected chi connectivity index (χ1v) is 10.2. The van der Waals surface area contributed by atoms with Gasteiger partial charge < -0.3 is 24.8 Å². The van der Waals surface area contributed by atoms with E-state index in [1.807, 2.05) is 0 Å². The molecule has 0 spiro atoms. The van der Waals surface area contributed by atoms with Crippen LogP contribution < -0.4 is 10.6 Å². The van der Waals surface area contributed by atoms with Crippen LogP contribution in [0.4, 0.5) is 14.5 Å². The summed E-state index contributed by atoms with van der Waals surface area (Å²) in [6.45, 7) is 2.39. The number of halogens is 2. The molecule has 1 unspecified atom stereocenters. The van der Waals surface area contributed by atoms with Crippen LogP contribution in [-0.2, 0) is 16.1 Å². The Balaban J connectivity index is 1.64. The molecule has 2 aliphatic rings. The maximum absolute atomic E-state index is 13.9. The van der Waals surface area contributed by atoms with Gasteiger partial charge >= 0.3 is 0 Å². The number of amides is 3. The molecule has 4 rings (SSSR count). The van der Waals surface area contributed by atoms with Crippen LogP contribution in [0, 0.1) is 11.6 Å². The van der Waals surface area contributed by atoms with Gasteiger partial charge in [0.1, 0.15) is 22.9 Å². The molecule has 2 heterocycles. The van der Waals surface area contributed by atoms with Crippen LogP contribution in [0.5, 0.6) is 0 Å². The highest BCUT2D eigenvalue weighted by Crippen LogP contribution is 2.38. The number of hydrogen-bond donors (Lipinski definition) is 2. The van der Waals surface area contributed by atoms with E-state index in [0.717, 1.165) is 31.0 Å². The van der Waals surface area contributed by atoms with Gasteiger partial charge in [0, 0.05) is 25.8 Å². The van der Waals surface area contributed by atoms with E-state index in [1.165, 1.54) is 22.9 Å². The fourth-order valence-electron chi connectivity index (χ4n) is 3.95. The molecular formula is C21H23F2N5O4. The number of fused-ring (bicyclic) bond motifs is 1. The first-order valence-electron chi connectivity index (χ1n) is 10.2. The van der Waals surface area contributed by atoms with Crippen molar-refractivity contribution < 1.29 is 27.9 Å². The molecule has 1 atom stereocenters. The smallest absolute Gasteiger partial charge is 0.276 e. The van der Waals surface area contributed by atoms with E-state index in [1.54, 1.807) is 6.92 Å². The summed E-state index contributed by atoms with van der Waals surface area (Å²) in [6, 6.07) is 2.54. The summed E-state index contributed by atoms with van der Waals surface area (Å²) in [5, 5.41) is 5.05. The first-order chi connectivity index (χ1) is 15.3. The van der Waals surface area contributed by atoms with Gasteiger partial charge in [0.25, 0.3) is 11.8 Å². The molecule has 1 aromatic heterocycles. The third-order valence-electron chi connectivity index (χ3n) is 5.65. The quantitative estimate of drug-likeness (QED) is 0.627. The molecule has 2 N–H and O–H groups in total. The molecule has 1 aliphatic carbocycles. The van der Waals surface area contributed by atoms with Gasteiger partial charge in [-0.15, -0.1) is 0 Å². The minimum atomic E-state index is -1.18. The SMILES string of the molecule is COCCNC(=O)C1(C)Cn2cnc(C(=O)Nc3cc(F)ccc3F)c2C(=O)N1C1CC1. The molecule has 9 nitrogen and oxygen atoms in total. The van der Waals surface area contributed by atoms with Gasteiger partial charge in [-0.1, -0.05) is 0 Å². The van der Waals surface area contributed by atoms with Crippen molar-refractivity contribution in [2.24, 2.45) is 0 Å². The molecule has 11 heteroatoms. The Kier molecular flexibility index (Phi) is 5.68. The maximum atomic E-state index is 13.9. The standard InChI is InChI=1S/C21H23F2N5O4/c1-21(20(31)24-7-8-32-2)10-27-11-25-16(17(27)19(30)28(21)13-4-5-13)18(29)26-15-9-12(22)3-6-14(15)23/h3,6,9,11,13H,4-5,7-8,10H2,1-2H3,(H,24,31)(H,26,29). The predicted octanol–water partition coefficient (Wildman–Crippen LogP) is 1.55. The second-order valence-corrected chi connectivity index (χ2v) is 8.08. The Labute approximate surface area is 182 Å². The number of ether oxygens (including phenoxy) is 1. The third-order valence-corrected chi connectivity index (χ3v) is 5.65. The summed E-state index contributed by atoms with van der Waals surface area (Å²) in [5.41, 5.74) is -1.75. The van der Waals surface area contributed by atoms with E-state index in [2.05, 4.69) is 15.6 Å². The van der Waals surface area contributed by atoms with Crippen molar-refractivity contribution in [3.05, 3.63) is 47.5 Å². The lowest BCUT2D eigenvalue weighted by Gasteiger charge is -2.44. The molecule has 1 aliphatic heterocycles. The normalized spacial score (nSPS) is 20.1. The monoisotopic (exact) mass is 447 g/mol. The van der Waals surface area contributed by atoms with Crippen molar-refractivity contribution in [3.8, 4) is 0 Å². The number of benzene rings is 1. The molecule has 32 heavy (non-hydrogen) atoms.